The number of hydrogen-bond donors (Lipinski definition) is 5. The second-order valence-electron chi connectivity index (χ2n) is 7.24. The van der Waals surface area contributed by atoms with E-state index < -0.39 is 28.7 Å². The highest BCUT2D eigenvalue weighted by atomic mass is 32.2. The first-order valence-electron chi connectivity index (χ1n) is 10.9. The number of aliphatic carboxylic acids is 1. The fourth-order valence-corrected chi connectivity index (χ4v) is 3.48. The lowest BCUT2D eigenvalue weighted by molar-refractivity contribution is -0.138. The van der Waals surface area contributed by atoms with Crippen LogP contribution >= 0.6 is 0 Å². The summed E-state index contributed by atoms with van der Waals surface area (Å²) in [5.41, 5.74) is 7.89. The average molecular weight is 503 g/mol. The smallest absolute Gasteiger partial charge is 0.441 e. The van der Waals surface area contributed by atoms with Crippen LogP contribution in [-0.2, 0) is 20.1 Å². The van der Waals surface area contributed by atoms with E-state index in [1.165, 1.54) is 0 Å². The molecule has 1 aromatic carbocycles. The van der Waals surface area contributed by atoms with E-state index >= 15 is 0 Å². The standard InChI is InChI=1S/C23H30N6O5S/c1-4-6-7-15(3)18-14-26-22(28-20(18)25-13-12-19(24)21(30)31)27-16-8-10-17(11-9-16)35(33)29-23(32)34-5-2/h4,6-11,14,19,35H,5,12-13,24H2,1-3H3,(H,30,31)(H2,25,26,27,28)/b6-4-,15-7+/t19-/m0/s1. The number of nitrogens with zero attached hydrogens (tertiary/aromatic N) is 3. The molecule has 0 spiro atoms. The first-order chi connectivity index (χ1) is 16.7. The summed E-state index contributed by atoms with van der Waals surface area (Å²) >= 11 is 0. The van der Waals surface area contributed by atoms with Gasteiger partial charge in [0.05, 0.1) is 17.2 Å². The van der Waals surface area contributed by atoms with Crippen LogP contribution in [0.5, 0.6) is 0 Å². The molecule has 0 aliphatic heterocycles. The summed E-state index contributed by atoms with van der Waals surface area (Å²) in [5.74, 6) is -0.251. The van der Waals surface area contributed by atoms with E-state index in [1.807, 2.05) is 32.1 Å². The molecule has 1 unspecified atom stereocenters. The van der Waals surface area contributed by atoms with Crippen molar-refractivity contribution in [2.75, 3.05) is 23.8 Å². The zero-order valence-corrected chi connectivity index (χ0v) is 20.7. The maximum atomic E-state index is 12.2. The van der Waals surface area contributed by atoms with Crippen LogP contribution in [-0.4, -0.2) is 50.5 Å². The summed E-state index contributed by atoms with van der Waals surface area (Å²) < 4.78 is 20.4. The van der Waals surface area contributed by atoms with Gasteiger partial charge in [0, 0.05) is 28.9 Å². The highest BCUT2D eigenvalue weighted by Crippen LogP contribution is 2.24. The fourth-order valence-electron chi connectivity index (χ4n) is 2.75. The molecule has 1 heterocycles. The highest BCUT2D eigenvalue weighted by molar-refractivity contribution is 7.75. The molecule has 2 aromatic rings. The van der Waals surface area contributed by atoms with Gasteiger partial charge in [-0.05, 0) is 57.0 Å². The molecule has 0 aliphatic carbocycles. The van der Waals surface area contributed by atoms with E-state index in [0.717, 1.165) is 11.1 Å². The largest absolute Gasteiger partial charge is 0.480 e. The van der Waals surface area contributed by atoms with Crippen molar-refractivity contribution in [3.63, 3.8) is 0 Å². The van der Waals surface area contributed by atoms with Gasteiger partial charge in [-0.3, -0.25) is 4.79 Å². The number of aromatic nitrogens is 2. The van der Waals surface area contributed by atoms with Crippen LogP contribution in [0.15, 0.2) is 57.9 Å². The van der Waals surface area contributed by atoms with Gasteiger partial charge in [-0.25, -0.2) is 14.0 Å². The van der Waals surface area contributed by atoms with Crippen LogP contribution in [0.1, 0.15) is 32.8 Å². The third-order valence-electron chi connectivity index (χ3n) is 4.60. The lowest BCUT2D eigenvalue weighted by atomic mass is 10.1. The molecule has 35 heavy (non-hydrogen) atoms. The first-order valence-corrected chi connectivity index (χ1v) is 12.1. The van der Waals surface area contributed by atoms with E-state index in [-0.39, 0.29) is 13.0 Å². The van der Waals surface area contributed by atoms with Crippen molar-refractivity contribution in [3.8, 4) is 0 Å². The van der Waals surface area contributed by atoms with E-state index in [4.69, 9.17) is 10.8 Å². The van der Waals surface area contributed by atoms with Gasteiger partial charge in [-0.2, -0.15) is 4.98 Å². The number of carbonyl (C=O) groups is 2. The number of amides is 1. The molecule has 0 aliphatic rings. The molecule has 0 saturated heterocycles. The lowest BCUT2D eigenvalue weighted by Crippen LogP contribution is -2.32. The minimum absolute atomic E-state index is 0.154. The second kappa shape index (κ2) is 13.8. The number of carboxylic acids is 1. The Kier molecular flexibility index (Phi) is 10.8. The van der Waals surface area contributed by atoms with Crippen LogP contribution in [0.25, 0.3) is 5.57 Å². The average Bonchev–Trinajstić information content (AvgIpc) is 2.83. The van der Waals surface area contributed by atoms with Crippen molar-refractivity contribution < 1.29 is 23.6 Å². The number of thiol groups is 1. The molecule has 0 fully saturated rings. The van der Waals surface area contributed by atoms with Gasteiger partial charge < -0.3 is 26.2 Å². The summed E-state index contributed by atoms with van der Waals surface area (Å²) in [5, 5.41) is 15.2. The third kappa shape index (κ3) is 8.83. The number of ether oxygens (including phenoxy) is 1. The molecule has 1 amide bonds. The maximum absolute atomic E-state index is 12.2. The van der Waals surface area contributed by atoms with E-state index in [1.54, 1.807) is 37.4 Å². The van der Waals surface area contributed by atoms with Crippen LogP contribution in [0.3, 0.4) is 0 Å². The number of carboxylic acid groups (broad SMARTS) is 1. The third-order valence-corrected chi connectivity index (χ3v) is 5.69. The summed E-state index contributed by atoms with van der Waals surface area (Å²) in [6.45, 7) is 5.93. The Bertz CT molecular complexity index is 1170. The van der Waals surface area contributed by atoms with Crippen molar-refractivity contribution in [3.05, 3.63) is 54.3 Å². The van der Waals surface area contributed by atoms with Crippen LogP contribution < -0.4 is 16.4 Å². The van der Waals surface area contributed by atoms with Crippen LogP contribution in [0.2, 0.25) is 0 Å². The molecule has 12 heteroatoms. The Morgan fingerprint density at radius 3 is 2.66 bits per heavy atom. The number of benzene rings is 1. The number of nitrogens with one attached hydrogen (secondary N) is 2. The Hall–Kier alpha value is -3.77. The summed E-state index contributed by atoms with van der Waals surface area (Å²) in [7, 11) is -2.27. The molecule has 0 saturated carbocycles. The predicted octanol–water partition coefficient (Wildman–Crippen LogP) is 3.59. The molecule has 0 bridgehead atoms. The number of anilines is 3. The quantitative estimate of drug-likeness (QED) is 0.226. The van der Waals surface area contributed by atoms with E-state index in [0.29, 0.717) is 28.9 Å². The van der Waals surface area contributed by atoms with Gasteiger partial charge in [0.2, 0.25) is 5.95 Å². The van der Waals surface area contributed by atoms with Gasteiger partial charge in [0.1, 0.15) is 11.9 Å². The van der Waals surface area contributed by atoms with Crippen molar-refractivity contribution in [1.82, 2.24) is 9.97 Å². The Balaban J connectivity index is 2.23. The van der Waals surface area contributed by atoms with Crippen LogP contribution in [0, 0.1) is 0 Å². The number of allylic oxidation sites excluding steroid dienone is 4. The maximum Gasteiger partial charge on any atom is 0.441 e. The minimum atomic E-state index is -2.27. The molecular weight excluding hydrogens is 472 g/mol. The Labute approximate surface area is 205 Å². The lowest BCUT2D eigenvalue weighted by Gasteiger charge is -2.14. The highest BCUT2D eigenvalue weighted by Gasteiger charge is 2.13. The van der Waals surface area contributed by atoms with E-state index in [2.05, 4.69) is 29.7 Å². The molecule has 0 radical (unpaired) electrons. The normalized spacial score (nSPS) is 13.4. The SMILES string of the molecule is C/C=C\C=C(/C)c1cnc(Nc2ccc([SH](=O)=NC(=O)OCC)cc2)nc1NCC[C@H](N)C(=O)O. The van der Waals surface area contributed by atoms with Gasteiger partial charge >= 0.3 is 12.1 Å². The van der Waals surface area contributed by atoms with Crippen molar-refractivity contribution in [2.45, 2.75) is 38.1 Å². The summed E-state index contributed by atoms with van der Waals surface area (Å²) in [6, 6.07) is 5.50. The molecule has 188 valence electrons. The Morgan fingerprint density at radius 2 is 2.03 bits per heavy atom. The molecular formula is C23H30N6O5S. The molecule has 5 N–H and O–H groups in total. The predicted molar refractivity (Wildman–Crippen MR) is 136 cm³/mol. The number of carbonyl (C=O) groups excluding carboxylic acids is 1. The van der Waals surface area contributed by atoms with Crippen molar-refractivity contribution in [2.24, 2.45) is 10.1 Å². The van der Waals surface area contributed by atoms with Gasteiger partial charge in [-0.15, -0.1) is 4.36 Å². The van der Waals surface area contributed by atoms with Crippen molar-refractivity contribution in [1.29, 1.82) is 0 Å². The summed E-state index contributed by atoms with van der Waals surface area (Å²) in [4.78, 5) is 31.7. The monoisotopic (exact) mass is 502 g/mol. The molecule has 11 nitrogen and oxygen atoms in total. The van der Waals surface area contributed by atoms with Crippen LogP contribution in [0.4, 0.5) is 22.2 Å². The number of nitrogens with two attached hydrogens (primary N) is 1. The second-order valence-corrected chi connectivity index (χ2v) is 8.50. The molecule has 1 aromatic heterocycles. The van der Waals surface area contributed by atoms with Gasteiger partial charge in [0.15, 0.2) is 0 Å². The van der Waals surface area contributed by atoms with Gasteiger partial charge in [-0.1, -0.05) is 18.2 Å². The first kappa shape index (κ1) is 27.5. The summed E-state index contributed by atoms with van der Waals surface area (Å²) in [6.07, 6.45) is 6.72. The van der Waals surface area contributed by atoms with E-state index in [9.17, 15) is 13.8 Å². The fraction of sp³-hybridized carbons (Fsp3) is 0.304. The zero-order valence-electron chi connectivity index (χ0n) is 19.8. The molecule has 2 rings (SSSR count). The topological polar surface area (TPSA) is 169 Å². The number of rotatable bonds is 11. The van der Waals surface area contributed by atoms with Gasteiger partial charge in [0.25, 0.3) is 0 Å². The molecule has 2 atom stereocenters. The minimum Gasteiger partial charge on any atom is -0.480 e. The number of hydrogen-bond acceptors (Lipinski definition) is 9. The Morgan fingerprint density at radius 1 is 1.31 bits per heavy atom. The zero-order chi connectivity index (χ0) is 25.8. The van der Waals surface area contributed by atoms with Crippen molar-refractivity contribution >= 4 is 45.7 Å².